The van der Waals surface area contributed by atoms with E-state index in [1.165, 1.54) is 0 Å². The lowest BCUT2D eigenvalue weighted by Crippen LogP contribution is -2.47. The number of carbonyl (C=O) groups is 2. The molecule has 0 bridgehead atoms. The van der Waals surface area contributed by atoms with Crippen molar-refractivity contribution in [3.05, 3.63) is 35.9 Å². The molecule has 1 heterocycles. The van der Waals surface area contributed by atoms with Gasteiger partial charge in [0.25, 0.3) is 0 Å². The van der Waals surface area contributed by atoms with Crippen LogP contribution in [0.3, 0.4) is 0 Å². The second-order valence-electron chi connectivity index (χ2n) is 4.59. The normalized spacial score (nSPS) is 21.1. The summed E-state index contributed by atoms with van der Waals surface area (Å²) in [5.74, 6) is 1.26. The van der Waals surface area contributed by atoms with Crippen molar-refractivity contribution in [2.75, 3.05) is 11.5 Å². The first-order valence-electron chi connectivity index (χ1n) is 6.39. The van der Waals surface area contributed by atoms with Gasteiger partial charge in [-0.2, -0.15) is 11.8 Å². The summed E-state index contributed by atoms with van der Waals surface area (Å²) in [7, 11) is 0. The average molecular weight is 278 g/mol. The number of hydrogen-bond acceptors (Lipinski definition) is 3. The summed E-state index contributed by atoms with van der Waals surface area (Å²) < 4.78 is 0. The molecule has 1 aliphatic rings. The largest absolute Gasteiger partial charge is 0.348 e. The Bertz CT molecular complexity index is 450. The van der Waals surface area contributed by atoms with Crippen molar-refractivity contribution in [2.45, 2.75) is 25.4 Å². The highest BCUT2D eigenvalue weighted by molar-refractivity contribution is 7.99. The van der Waals surface area contributed by atoms with Gasteiger partial charge in [-0.15, -0.1) is 0 Å². The minimum absolute atomic E-state index is 0.0440. The number of carbonyl (C=O) groups excluding carboxylic acids is 2. The molecule has 2 rings (SSSR count). The van der Waals surface area contributed by atoms with E-state index in [1.807, 2.05) is 37.3 Å². The predicted molar refractivity (Wildman–Crippen MR) is 76.9 cm³/mol. The van der Waals surface area contributed by atoms with Gasteiger partial charge in [0.1, 0.15) is 6.04 Å². The summed E-state index contributed by atoms with van der Waals surface area (Å²) in [6, 6.07) is 9.31. The van der Waals surface area contributed by atoms with Crippen LogP contribution in [0, 0.1) is 0 Å². The van der Waals surface area contributed by atoms with Gasteiger partial charge in [0.15, 0.2) is 0 Å². The Morgan fingerprint density at radius 1 is 1.42 bits per heavy atom. The Balaban J connectivity index is 1.94. The number of amides is 2. The topological polar surface area (TPSA) is 58.2 Å². The van der Waals surface area contributed by atoms with Crippen molar-refractivity contribution < 1.29 is 9.59 Å². The molecule has 19 heavy (non-hydrogen) atoms. The van der Waals surface area contributed by atoms with Crippen molar-refractivity contribution in [2.24, 2.45) is 0 Å². The van der Waals surface area contributed by atoms with Crippen molar-refractivity contribution in [3.63, 3.8) is 0 Å². The molecule has 1 saturated heterocycles. The van der Waals surface area contributed by atoms with E-state index >= 15 is 0 Å². The van der Waals surface area contributed by atoms with Crippen LogP contribution < -0.4 is 10.6 Å². The molecule has 1 aliphatic heterocycles. The van der Waals surface area contributed by atoms with E-state index in [2.05, 4.69) is 10.6 Å². The van der Waals surface area contributed by atoms with Crippen LogP contribution in [0.4, 0.5) is 0 Å². The van der Waals surface area contributed by atoms with Gasteiger partial charge >= 0.3 is 0 Å². The smallest absolute Gasteiger partial charge is 0.243 e. The van der Waals surface area contributed by atoms with Crippen LogP contribution in [0.2, 0.25) is 0 Å². The molecule has 2 N–H and O–H groups in total. The SMILES string of the molecule is C[C@H](NC(=O)[C@@H]1CSCCC(=O)N1)c1ccccc1. The zero-order chi connectivity index (χ0) is 13.7. The van der Waals surface area contributed by atoms with Crippen LogP contribution >= 0.6 is 11.8 Å². The molecule has 0 aliphatic carbocycles. The lowest BCUT2D eigenvalue weighted by Gasteiger charge is -2.19. The molecule has 0 radical (unpaired) electrons. The molecular weight excluding hydrogens is 260 g/mol. The number of hydrogen-bond donors (Lipinski definition) is 2. The first-order valence-corrected chi connectivity index (χ1v) is 7.54. The van der Waals surface area contributed by atoms with Gasteiger partial charge < -0.3 is 10.6 Å². The lowest BCUT2D eigenvalue weighted by molar-refractivity contribution is -0.128. The average Bonchev–Trinajstić information content (AvgIpc) is 2.64. The monoisotopic (exact) mass is 278 g/mol. The van der Waals surface area contributed by atoms with Gasteiger partial charge in [0, 0.05) is 17.9 Å². The molecule has 102 valence electrons. The number of thioether (sulfide) groups is 1. The molecule has 2 amide bonds. The fourth-order valence-electron chi connectivity index (χ4n) is 1.95. The minimum Gasteiger partial charge on any atom is -0.348 e. The Hall–Kier alpha value is -1.49. The molecule has 2 atom stereocenters. The van der Waals surface area contributed by atoms with Gasteiger partial charge in [-0.1, -0.05) is 30.3 Å². The van der Waals surface area contributed by atoms with Crippen LogP contribution in [0.25, 0.3) is 0 Å². The summed E-state index contributed by atoms with van der Waals surface area (Å²) in [6.45, 7) is 1.94. The Morgan fingerprint density at radius 2 is 2.16 bits per heavy atom. The standard InChI is InChI=1S/C14H18N2O2S/c1-10(11-5-3-2-4-6-11)15-14(18)12-9-19-8-7-13(17)16-12/h2-6,10,12H,7-9H2,1H3,(H,15,18)(H,16,17)/t10-,12-/m0/s1. The molecule has 0 unspecified atom stereocenters. The Kier molecular flexibility index (Phi) is 4.85. The summed E-state index contributed by atoms with van der Waals surface area (Å²) >= 11 is 1.63. The van der Waals surface area contributed by atoms with Crippen LogP contribution in [-0.2, 0) is 9.59 Å². The quantitative estimate of drug-likeness (QED) is 0.880. The van der Waals surface area contributed by atoms with Crippen molar-refractivity contribution in [1.82, 2.24) is 10.6 Å². The Morgan fingerprint density at radius 3 is 2.89 bits per heavy atom. The van der Waals surface area contributed by atoms with Gasteiger partial charge in [-0.3, -0.25) is 9.59 Å². The van der Waals surface area contributed by atoms with Gasteiger partial charge in [-0.25, -0.2) is 0 Å². The van der Waals surface area contributed by atoms with Crippen LogP contribution in [0.1, 0.15) is 24.9 Å². The minimum atomic E-state index is -0.425. The predicted octanol–water partition coefficient (Wildman–Crippen LogP) is 1.49. The number of nitrogens with one attached hydrogen (secondary N) is 2. The van der Waals surface area contributed by atoms with Crippen LogP contribution in [0.5, 0.6) is 0 Å². The van der Waals surface area contributed by atoms with E-state index < -0.39 is 6.04 Å². The number of rotatable bonds is 3. The highest BCUT2D eigenvalue weighted by Crippen LogP contribution is 2.13. The first kappa shape index (κ1) is 13.9. The maximum atomic E-state index is 12.1. The van der Waals surface area contributed by atoms with Crippen molar-refractivity contribution in [1.29, 1.82) is 0 Å². The molecule has 0 aromatic heterocycles. The summed E-state index contributed by atoms with van der Waals surface area (Å²) in [5, 5.41) is 5.71. The van der Waals surface area contributed by atoms with Gasteiger partial charge in [-0.05, 0) is 12.5 Å². The zero-order valence-electron chi connectivity index (χ0n) is 10.9. The maximum absolute atomic E-state index is 12.1. The molecule has 0 spiro atoms. The van der Waals surface area contributed by atoms with Crippen LogP contribution in [-0.4, -0.2) is 29.4 Å². The van der Waals surface area contributed by atoms with Crippen molar-refractivity contribution >= 4 is 23.6 Å². The zero-order valence-corrected chi connectivity index (χ0v) is 11.7. The van der Waals surface area contributed by atoms with E-state index in [-0.39, 0.29) is 17.9 Å². The fourth-order valence-corrected chi connectivity index (χ4v) is 2.92. The van der Waals surface area contributed by atoms with Gasteiger partial charge in [0.2, 0.25) is 11.8 Å². The third kappa shape index (κ3) is 3.99. The lowest BCUT2D eigenvalue weighted by atomic mass is 10.1. The van der Waals surface area contributed by atoms with Crippen LogP contribution in [0.15, 0.2) is 30.3 Å². The molecule has 5 heteroatoms. The van der Waals surface area contributed by atoms with E-state index in [0.29, 0.717) is 12.2 Å². The molecule has 0 saturated carbocycles. The molecule has 1 fully saturated rings. The van der Waals surface area contributed by atoms with E-state index in [0.717, 1.165) is 11.3 Å². The first-order chi connectivity index (χ1) is 9.16. The third-order valence-electron chi connectivity index (χ3n) is 3.07. The summed E-state index contributed by atoms with van der Waals surface area (Å²) in [4.78, 5) is 23.6. The summed E-state index contributed by atoms with van der Waals surface area (Å²) in [6.07, 6.45) is 0.489. The Labute approximate surface area is 117 Å². The highest BCUT2D eigenvalue weighted by Gasteiger charge is 2.24. The second kappa shape index (κ2) is 6.61. The van der Waals surface area contributed by atoms with E-state index in [1.54, 1.807) is 11.8 Å². The van der Waals surface area contributed by atoms with Crippen molar-refractivity contribution in [3.8, 4) is 0 Å². The van der Waals surface area contributed by atoms with E-state index in [9.17, 15) is 9.59 Å². The molecular formula is C14H18N2O2S. The molecule has 4 nitrogen and oxygen atoms in total. The highest BCUT2D eigenvalue weighted by atomic mass is 32.2. The van der Waals surface area contributed by atoms with Gasteiger partial charge in [0.05, 0.1) is 6.04 Å². The maximum Gasteiger partial charge on any atom is 0.243 e. The summed E-state index contributed by atoms with van der Waals surface area (Å²) in [5.41, 5.74) is 1.06. The third-order valence-corrected chi connectivity index (χ3v) is 4.13. The molecule has 1 aromatic carbocycles. The second-order valence-corrected chi connectivity index (χ2v) is 5.74. The number of benzene rings is 1. The fraction of sp³-hybridized carbons (Fsp3) is 0.429. The van der Waals surface area contributed by atoms with E-state index in [4.69, 9.17) is 0 Å². The molecule has 1 aromatic rings.